The van der Waals surface area contributed by atoms with Gasteiger partial charge in [0, 0.05) is 17.6 Å². The third kappa shape index (κ3) is 7.49. The Morgan fingerprint density at radius 1 is 0.927 bits per heavy atom. The van der Waals surface area contributed by atoms with Gasteiger partial charge in [-0.3, -0.25) is 13.9 Å². The molecule has 0 bridgehead atoms. The Morgan fingerprint density at radius 3 is 2.12 bits per heavy atom. The van der Waals surface area contributed by atoms with Crippen molar-refractivity contribution in [1.82, 2.24) is 10.2 Å². The van der Waals surface area contributed by atoms with E-state index in [0.29, 0.717) is 16.3 Å². The second-order valence-corrected chi connectivity index (χ2v) is 13.2. The van der Waals surface area contributed by atoms with Crippen LogP contribution in [0.4, 0.5) is 5.69 Å². The van der Waals surface area contributed by atoms with Crippen LogP contribution in [0.1, 0.15) is 54.9 Å². The smallest absolute Gasteiger partial charge is 0.264 e. The van der Waals surface area contributed by atoms with E-state index in [4.69, 9.17) is 11.6 Å². The topological polar surface area (TPSA) is 86.8 Å². The predicted molar refractivity (Wildman–Crippen MR) is 163 cm³/mol. The average molecular weight is 596 g/mol. The van der Waals surface area contributed by atoms with E-state index in [1.165, 1.54) is 17.0 Å². The largest absolute Gasteiger partial charge is 0.352 e. The van der Waals surface area contributed by atoms with Gasteiger partial charge < -0.3 is 10.2 Å². The first kappa shape index (κ1) is 30.6. The number of hydrogen-bond acceptors (Lipinski definition) is 4. The normalized spacial score (nSPS) is 14.5. The summed E-state index contributed by atoms with van der Waals surface area (Å²) in [5, 5.41) is 3.44. The number of anilines is 1. The summed E-state index contributed by atoms with van der Waals surface area (Å²) in [5.74, 6) is -0.737. The Labute approximate surface area is 248 Å². The summed E-state index contributed by atoms with van der Waals surface area (Å²) in [5.41, 5.74) is 3.79. The van der Waals surface area contributed by atoms with Crippen LogP contribution < -0.4 is 9.62 Å². The molecule has 0 radical (unpaired) electrons. The lowest BCUT2D eigenvalue weighted by Crippen LogP contribution is -2.52. The molecule has 218 valence electrons. The van der Waals surface area contributed by atoms with Crippen molar-refractivity contribution in [2.24, 2.45) is 0 Å². The van der Waals surface area contributed by atoms with Crippen LogP contribution in [0, 0.1) is 20.8 Å². The molecule has 0 heterocycles. The lowest BCUT2D eigenvalue weighted by Gasteiger charge is -2.33. The van der Waals surface area contributed by atoms with Gasteiger partial charge in [0.1, 0.15) is 12.6 Å². The van der Waals surface area contributed by atoms with Gasteiger partial charge >= 0.3 is 0 Å². The number of rotatable bonds is 10. The van der Waals surface area contributed by atoms with Crippen molar-refractivity contribution in [3.8, 4) is 0 Å². The third-order valence-electron chi connectivity index (χ3n) is 7.67. The molecule has 3 aromatic carbocycles. The molecule has 1 atom stereocenters. The van der Waals surface area contributed by atoms with Gasteiger partial charge in [0.25, 0.3) is 10.0 Å². The number of benzene rings is 3. The Kier molecular flexibility index (Phi) is 9.76. The number of hydrogen-bond donors (Lipinski definition) is 1. The van der Waals surface area contributed by atoms with Crippen LogP contribution in [-0.4, -0.2) is 43.8 Å². The number of amides is 2. The molecule has 41 heavy (non-hydrogen) atoms. The highest BCUT2D eigenvalue weighted by Crippen LogP contribution is 2.30. The van der Waals surface area contributed by atoms with Gasteiger partial charge in [-0.15, -0.1) is 0 Å². The standard InChI is InChI=1S/C32H38ClN3O4S/c1-22-9-14-26(15-10-22)20-35(25(4)32(38)34-28-7-5-6-8-28)31(37)21-36(30-19-27(33)16-13-24(30)3)41(39,40)29-17-11-23(2)12-18-29/h9-19,25,28H,5-8,20-21H2,1-4H3,(H,34,38). The first-order valence-corrected chi connectivity index (χ1v) is 15.8. The van der Waals surface area contributed by atoms with E-state index in [0.717, 1.165) is 46.7 Å². The van der Waals surface area contributed by atoms with E-state index in [9.17, 15) is 18.0 Å². The molecule has 1 fully saturated rings. The molecule has 4 rings (SSSR count). The molecule has 1 aliphatic carbocycles. The molecular formula is C32H38ClN3O4S. The fourth-order valence-electron chi connectivity index (χ4n) is 5.07. The average Bonchev–Trinajstić information content (AvgIpc) is 3.45. The molecule has 0 aromatic heterocycles. The Balaban J connectivity index is 1.71. The van der Waals surface area contributed by atoms with Gasteiger partial charge in [-0.1, -0.05) is 78.0 Å². The number of nitrogens with one attached hydrogen (secondary N) is 1. The minimum atomic E-state index is -4.16. The number of sulfonamides is 1. The van der Waals surface area contributed by atoms with Crippen LogP contribution >= 0.6 is 11.6 Å². The fraction of sp³-hybridized carbons (Fsp3) is 0.375. The van der Waals surface area contributed by atoms with Crippen LogP contribution in [0.5, 0.6) is 0 Å². The minimum Gasteiger partial charge on any atom is -0.352 e. The van der Waals surface area contributed by atoms with Crippen molar-refractivity contribution < 1.29 is 18.0 Å². The van der Waals surface area contributed by atoms with E-state index in [1.807, 2.05) is 38.1 Å². The zero-order valence-corrected chi connectivity index (χ0v) is 25.6. The third-order valence-corrected chi connectivity index (χ3v) is 9.68. The SMILES string of the molecule is Cc1ccc(CN(C(=O)CN(c2cc(Cl)ccc2C)S(=O)(=O)c2ccc(C)cc2)C(C)C(=O)NC2CCCC2)cc1. The second-order valence-electron chi connectivity index (χ2n) is 10.9. The first-order valence-electron chi connectivity index (χ1n) is 14.0. The number of aryl methyl sites for hydroxylation is 3. The zero-order valence-electron chi connectivity index (χ0n) is 24.1. The van der Waals surface area contributed by atoms with Crippen molar-refractivity contribution >= 4 is 39.1 Å². The van der Waals surface area contributed by atoms with Crippen LogP contribution in [0.3, 0.4) is 0 Å². The molecule has 2 amide bonds. The van der Waals surface area contributed by atoms with E-state index >= 15 is 0 Å². The number of halogens is 1. The fourth-order valence-corrected chi connectivity index (χ4v) is 6.70. The highest BCUT2D eigenvalue weighted by Gasteiger charge is 2.34. The van der Waals surface area contributed by atoms with Crippen molar-refractivity contribution in [3.63, 3.8) is 0 Å². The molecule has 1 aliphatic rings. The van der Waals surface area contributed by atoms with Crippen LogP contribution in [0.15, 0.2) is 71.6 Å². The summed E-state index contributed by atoms with van der Waals surface area (Å²) in [6.07, 6.45) is 3.97. The Hall–Kier alpha value is -3.36. The lowest BCUT2D eigenvalue weighted by molar-refractivity contribution is -0.139. The number of nitrogens with zero attached hydrogens (tertiary/aromatic N) is 2. The van der Waals surface area contributed by atoms with Gasteiger partial charge in [0.05, 0.1) is 10.6 Å². The highest BCUT2D eigenvalue weighted by molar-refractivity contribution is 7.92. The molecule has 9 heteroatoms. The molecule has 3 aromatic rings. The minimum absolute atomic E-state index is 0.0624. The van der Waals surface area contributed by atoms with Gasteiger partial charge in [-0.25, -0.2) is 8.42 Å². The van der Waals surface area contributed by atoms with Crippen molar-refractivity contribution in [2.75, 3.05) is 10.8 Å². The van der Waals surface area contributed by atoms with Crippen LogP contribution in [0.2, 0.25) is 5.02 Å². The first-order chi connectivity index (χ1) is 19.5. The molecular weight excluding hydrogens is 558 g/mol. The molecule has 0 spiro atoms. The quantitative estimate of drug-likeness (QED) is 0.314. The zero-order chi connectivity index (χ0) is 29.7. The summed E-state index contributed by atoms with van der Waals surface area (Å²) in [6.45, 7) is 6.98. The predicted octanol–water partition coefficient (Wildman–Crippen LogP) is 5.94. The Morgan fingerprint density at radius 2 is 1.51 bits per heavy atom. The summed E-state index contributed by atoms with van der Waals surface area (Å²) in [4.78, 5) is 29.0. The van der Waals surface area contributed by atoms with Gasteiger partial charge in [-0.2, -0.15) is 0 Å². The van der Waals surface area contributed by atoms with E-state index in [2.05, 4.69) is 5.32 Å². The van der Waals surface area contributed by atoms with Gasteiger partial charge in [-0.05, 0) is 75.9 Å². The highest BCUT2D eigenvalue weighted by atomic mass is 35.5. The molecule has 0 aliphatic heterocycles. The molecule has 1 saturated carbocycles. The van der Waals surface area contributed by atoms with Crippen molar-refractivity contribution in [2.45, 2.75) is 76.9 Å². The molecule has 1 unspecified atom stereocenters. The maximum absolute atomic E-state index is 14.1. The summed E-state index contributed by atoms with van der Waals surface area (Å²) in [7, 11) is -4.16. The van der Waals surface area contributed by atoms with Crippen LogP contribution in [-0.2, 0) is 26.2 Å². The number of carbonyl (C=O) groups excluding carboxylic acids is 2. The summed E-state index contributed by atoms with van der Waals surface area (Å²) < 4.78 is 29.2. The maximum atomic E-state index is 14.1. The van der Waals surface area contributed by atoms with Crippen molar-refractivity contribution in [1.29, 1.82) is 0 Å². The monoisotopic (exact) mass is 595 g/mol. The summed E-state index contributed by atoms with van der Waals surface area (Å²) in [6, 6.07) is 18.5. The van der Waals surface area contributed by atoms with Crippen molar-refractivity contribution in [3.05, 3.63) is 94.0 Å². The molecule has 0 saturated heterocycles. The molecule has 1 N–H and O–H groups in total. The van der Waals surface area contributed by atoms with Crippen LogP contribution in [0.25, 0.3) is 0 Å². The Bertz CT molecular complexity index is 1480. The lowest BCUT2D eigenvalue weighted by atomic mass is 10.1. The number of carbonyl (C=O) groups is 2. The van der Waals surface area contributed by atoms with E-state index in [-0.39, 0.29) is 23.4 Å². The van der Waals surface area contributed by atoms with E-state index in [1.54, 1.807) is 44.2 Å². The van der Waals surface area contributed by atoms with Gasteiger partial charge in [0.2, 0.25) is 11.8 Å². The van der Waals surface area contributed by atoms with E-state index < -0.39 is 28.5 Å². The second kappa shape index (κ2) is 13.1. The van der Waals surface area contributed by atoms with Gasteiger partial charge in [0.15, 0.2) is 0 Å². The maximum Gasteiger partial charge on any atom is 0.264 e. The summed E-state index contributed by atoms with van der Waals surface area (Å²) >= 11 is 6.30. The molecule has 7 nitrogen and oxygen atoms in total.